The topological polar surface area (TPSA) is 63.4 Å². The van der Waals surface area contributed by atoms with Crippen molar-refractivity contribution in [1.29, 1.82) is 0 Å². The van der Waals surface area contributed by atoms with Gasteiger partial charge in [0.25, 0.3) is 0 Å². The summed E-state index contributed by atoms with van der Waals surface area (Å²) in [6.45, 7) is 2.52. The van der Waals surface area contributed by atoms with Crippen molar-refractivity contribution >= 4 is 17.5 Å². The molecule has 2 aliphatic heterocycles. The highest BCUT2D eigenvalue weighted by Gasteiger charge is 2.61. The van der Waals surface area contributed by atoms with Crippen molar-refractivity contribution in [1.82, 2.24) is 4.90 Å². The van der Waals surface area contributed by atoms with Gasteiger partial charge in [-0.2, -0.15) is 0 Å². The Hall–Kier alpha value is -1.84. The van der Waals surface area contributed by atoms with E-state index in [-0.39, 0.29) is 17.7 Å². The molecule has 0 unspecified atom stereocenters. The van der Waals surface area contributed by atoms with Crippen molar-refractivity contribution in [2.24, 2.45) is 5.92 Å². The number of carbonyl (C=O) groups is 2. The van der Waals surface area contributed by atoms with Crippen molar-refractivity contribution in [3.05, 3.63) is 29.8 Å². The van der Waals surface area contributed by atoms with Gasteiger partial charge in [-0.3, -0.25) is 14.5 Å². The van der Waals surface area contributed by atoms with Gasteiger partial charge in [0.05, 0.1) is 5.41 Å². The number of imide groups is 1. The van der Waals surface area contributed by atoms with Crippen LogP contribution >= 0.6 is 0 Å². The van der Waals surface area contributed by atoms with E-state index in [1.807, 2.05) is 31.2 Å². The van der Waals surface area contributed by atoms with Crippen LogP contribution < -0.4 is 5.73 Å². The molecule has 0 aromatic heterocycles. The van der Waals surface area contributed by atoms with Gasteiger partial charge < -0.3 is 5.73 Å². The minimum atomic E-state index is -0.471. The zero-order chi connectivity index (χ0) is 13.6. The number of benzene rings is 1. The number of nitrogen functional groups attached to an aromatic ring is 1. The SMILES string of the molecule is CCCN1C(=O)C2CC(c3ccc(N)cc3)(C2)C1=O. The maximum Gasteiger partial charge on any atom is 0.239 e. The van der Waals surface area contributed by atoms with Crippen molar-refractivity contribution in [2.45, 2.75) is 31.6 Å². The standard InChI is InChI=1S/C15H18N2O2/c1-2-7-17-13(18)10-8-15(9-10,14(17)19)11-3-5-12(16)6-4-11/h3-6,10H,2,7-9,16H2,1H3. The Balaban J connectivity index is 1.95. The molecule has 2 heterocycles. The van der Waals surface area contributed by atoms with Crippen LogP contribution in [0.2, 0.25) is 0 Å². The molecule has 0 radical (unpaired) electrons. The number of nitrogens with zero attached hydrogens (tertiary/aromatic N) is 1. The van der Waals surface area contributed by atoms with E-state index in [0.29, 0.717) is 25.1 Å². The lowest BCUT2D eigenvalue weighted by Crippen LogP contribution is -2.65. The molecular weight excluding hydrogens is 240 g/mol. The molecule has 2 saturated heterocycles. The van der Waals surface area contributed by atoms with Gasteiger partial charge >= 0.3 is 0 Å². The summed E-state index contributed by atoms with van der Waals surface area (Å²) in [5.74, 6) is 0.0256. The van der Waals surface area contributed by atoms with Crippen LogP contribution in [-0.4, -0.2) is 23.3 Å². The summed E-state index contributed by atoms with van der Waals surface area (Å²) in [4.78, 5) is 26.2. The third kappa shape index (κ3) is 1.59. The van der Waals surface area contributed by atoms with Crippen LogP contribution in [0.25, 0.3) is 0 Å². The molecule has 0 spiro atoms. The van der Waals surface area contributed by atoms with Crippen LogP contribution in [0.3, 0.4) is 0 Å². The molecule has 1 aromatic carbocycles. The molecule has 2 amide bonds. The van der Waals surface area contributed by atoms with E-state index < -0.39 is 5.41 Å². The fourth-order valence-electron chi connectivity index (χ4n) is 3.31. The second-order valence-electron chi connectivity index (χ2n) is 5.60. The van der Waals surface area contributed by atoms with Crippen LogP contribution in [0.4, 0.5) is 5.69 Å². The minimum absolute atomic E-state index is 0.0178. The molecule has 100 valence electrons. The first-order valence-corrected chi connectivity index (χ1v) is 6.80. The highest BCUT2D eigenvalue weighted by Crippen LogP contribution is 2.53. The van der Waals surface area contributed by atoms with Gasteiger partial charge in [-0.15, -0.1) is 0 Å². The first kappa shape index (κ1) is 12.2. The molecule has 2 N–H and O–H groups in total. The molecule has 1 aromatic rings. The highest BCUT2D eigenvalue weighted by atomic mass is 16.2. The minimum Gasteiger partial charge on any atom is -0.399 e. The van der Waals surface area contributed by atoms with Gasteiger partial charge in [0.2, 0.25) is 11.8 Å². The highest BCUT2D eigenvalue weighted by molar-refractivity contribution is 6.07. The van der Waals surface area contributed by atoms with Crippen molar-refractivity contribution in [3.8, 4) is 0 Å². The Bertz CT molecular complexity index is 530. The molecule has 0 atom stereocenters. The Labute approximate surface area is 112 Å². The number of amides is 2. The number of fused-ring (bicyclic) bond motifs is 2. The van der Waals surface area contributed by atoms with E-state index in [2.05, 4.69) is 0 Å². The van der Waals surface area contributed by atoms with Gasteiger partial charge in [0.15, 0.2) is 0 Å². The molecule has 4 rings (SSSR count). The molecule has 2 bridgehead atoms. The Morgan fingerprint density at radius 1 is 1.26 bits per heavy atom. The van der Waals surface area contributed by atoms with Crippen LogP contribution in [0.15, 0.2) is 24.3 Å². The monoisotopic (exact) mass is 258 g/mol. The number of carbonyl (C=O) groups excluding carboxylic acids is 2. The molecule has 4 nitrogen and oxygen atoms in total. The molecule has 3 fully saturated rings. The number of hydrogen-bond donors (Lipinski definition) is 1. The number of hydrogen-bond acceptors (Lipinski definition) is 3. The smallest absolute Gasteiger partial charge is 0.239 e. The average molecular weight is 258 g/mol. The predicted molar refractivity (Wildman–Crippen MR) is 72.3 cm³/mol. The van der Waals surface area contributed by atoms with Gasteiger partial charge in [-0.1, -0.05) is 19.1 Å². The van der Waals surface area contributed by atoms with E-state index >= 15 is 0 Å². The van der Waals surface area contributed by atoms with Crippen LogP contribution in [0.1, 0.15) is 31.7 Å². The normalized spacial score (nSPS) is 29.3. The summed E-state index contributed by atoms with van der Waals surface area (Å²) >= 11 is 0. The molecule has 19 heavy (non-hydrogen) atoms. The summed E-state index contributed by atoms with van der Waals surface area (Å²) in [6, 6.07) is 7.49. The first-order chi connectivity index (χ1) is 9.08. The third-order valence-electron chi connectivity index (χ3n) is 4.37. The van der Waals surface area contributed by atoms with E-state index in [9.17, 15) is 9.59 Å². The quantitative estimate of drug-likeness (QED) is 0.663. The van der Waals surface area contributed by atoms with Gasteiger partial charge in [-0.25, -0.2) is 0 Å². The van der Waals surface area contributed by atoms with E-state index in [4.69, 9.17) is 5.73 Å². The summed E-state index contributed by atoms with van der Waals surface area (Å²) in [7, 11) is 0. The second kappa shape index (κ2) is 4.08. The molecule has 3 aliphatic rings. The molecular formula is C15H18N2O2. The molecule has 1 saturated carbocycles. The number of piperidine rings is 2. The molecule has 4 heteroatoms. The lowest BCUT2D eigenvalue weighted by molar-refractivity contribution is -0.168. The van der Waals surface area contributed by atoms with Gasteiger partial charge in [-0.05, 0) is 37.0 Å². The lowest BCUT2D eigenvalue weighted by Gasteiger charge is -2.53. The Kier molecular flexibility index (Phi) is 2.62. The Morgan fingerprint density at radius 3 is 2.47 bits per heavy atom. The molecule has 1 aliphatic carbocycles. The number of rotatable bonds is 3. The van der Waals surface area contributed by atoms with E-state index in [0.717, 1.165) is 12.0 Å². The predicted octanol–water partition coefficient (Wildman–Crippen LogP) is 1.70. The largest absolute Gasteiger partial charge is 0.399 e. The lowest BCUT2D eigenvalue weighted by atomic mass is 9.55. The van der Waals surface area contributed by atoms with Gasteiger partial charge in [0.1, 0.15) is 0 Å². The third-order valence-corrected chi connectivity index (χ3v) is 4.37. The fraction of sp³-hybridized carbons (Fsp3) is 0.467. The van der Waals surface area contributed by atoms with Crippen LogP contribution in [-0.2, 0) is 15.0 Å². The van der Waals surface area contributed by atoms with Crippen LogP contribution in [0, 0.1) is 5.92 Å². The average Bonchev–Trinajstić information content (AvgIpc) is 2.34. The van der Waals surface area contributed by atoms with Crippen molar-refractivity contribution in [2.75, 3.05) is 12.3 Å². The van der Waals surface area contributed by atoms with E-state index in [1.165, 1.54) is 4.90 Å². The second-order valence-corrected chi connectivity index (χ2v) is 5.60. The summed E-state index contributed by atoms with van der Waals surface area (Å²) in [6.07, 6.45) is 2.13. The summed E-state index contributed by atoms with van der Waals surface area (Å²) in [5.41, 5.74) is 6.92. The zero-order valence-corrected chi connectivity index (χ0v) is 11.1. The summed E-state index contributed by atoms with van der Waals surface area (Å²) < 4.78 is 0. The maximum absolute atomic E-state index is 12.6. The maximum atomic E-state index is 12.6. The zero-order valence-electron chi connectivity index (χ0n) is 11.1. The van der Waals surface area contributed by atoms with Crippen molar-refractivity contribution in [3.63, 3.8) is 0 Å². The van der Waals surface area contributed by atoms with Crippen molar-refractivity contribution < 1.29 is 9.59 Å². The fourth-order valence-corrected chi connectivity index (χ4v) is 3.31. The van der Waals surface area contributed by atoms with Crippen LogP contribution in [0.5, 0.6) is 0 Å². The van der Waals surface area contributed by atoms with E-state index in [1.54, 1.807) is 0 Å². The summed E-state index contributed by atoms with van der Waals surface area (Å²) in [5, 5.41) is 0. The first-order valence-electron chi connectivity index (χ1n) is 6.80. The van der Waals surface area contributed by atoms with Gasteiger partial charge in [0, 0.05) is 18.2 Å². The number of nitrogens with two attached hydrogens (primary N) is 1. The Morgan fingerprint density at radius 2 is 1.89 bits per heavy atom. The number of anilines is 1.